The second-order valence-corrected chi connectivity index (χ2v) is 7.39. The first-order valence-corrected chi connectivity index (χ1v) is 8.72. The Bertz CT molecular complexity index is 656. The lowest BCUT2D eigenvalue weighted by atomic mass is 10.2. The van der Waals surface area contributed by atoms with Crippen LogP contribution in [-0.2, 0) is 17.2 Å². The van der Waals surface area contributed by atoms with Gasteiger partial charge in [0.05, 0.1) is 21.4 Å². The Hall–Kier alpha value is -1.26. The van der Waals surface area contributed by atoms with Gasteiger partial charge in [0.25, 0.3) is 0 Å². The summed E-state index contributed by atoms with van der Waals surface area (Å²) in [6.07, 6.45) is 0.929. The van der Waals surface area contributed by atoms with Gasteiger partial charge in [-0.25, -0.2) is 0 Å². The fraction of sp³-hybridized carbons (Fsp3) is 0.312. The summed E-state index contributed by atoms with van der Waals surface area (Å²) < 4.78 is 12.3. The van der Waals surface area contributed by atoms with Crippen LogP contribution in [0, 0.1) is 13.8 Å². The minimum Gasteiger partial charge on any atom is -0.292 e. The van der Waals surface area contributed by atoms with Gasteiger partial charge in [-0.1, -0.05) is 24.6 Å². The molecule has 2 aromatic rings. The number of carbonyl (C=O) groups is 1. The van der Waals surface area contributed by atoms with Crippen molar-refractivity contribution in [2.45, 2.75) is 32.1 Å². The minimum absolute atomic E-state index is 0.0343. The third-order valence-corrected chi connectivity index (χ3v) is 5.87. The van der Waals surface area contributed by atoms with Gasteiger partial charge in [0.1, 0.15) is 0 Å². The third kappa shape index (κ3) is 3.44. The van der Waals surface area contributed by atoms with Gasteiger partial charge in [-0.2, -0.15) is 0 Å². The molecule has 0 amide bonds. The van der Waals surface area contributed by atoms with E-state index in [1.54, 1.807) is 0 Å². The van der Waals surface area contributed by atoms with Gasteiger partial charge in [0.15, 0.2) is 5.78 Å². The number of hydrogen-bond donors (Lipinski definition) is 0. The molecule has 1 aromatic heterocycles. The summed E-state index contributed by atoms with van der Waals surface area (Å²) in [7, 11) is -1.27. The maximum atomic E-state index is 12.3. The number of rotatable bonds is 5. The van der Waals surface area contributed by atoms with E-state index < -0.39 is 10.8 Å². The molecule has 1 unspecified atom stereocenters. The van der Waals surface area contributed by atoms with Crippen molar-refractivity contribution >= 4 is 27.9 Å². The van der Waals surface area contributed by atoms with Crippen molar-refractivity contribution in [1.82, 2.24) is 0 Å². The van der Waals surface area contributed by atoms with Gasteiger partial charge in [0.2, 0.25) is 0 Å². The summed E-state index contributed by atoms with van der Waals surface area (Å²) in [5.74, 6) is 0.0288. The first-order chi connectivity index (χ1) is 9.51. The third-order valence-electron chi connectivity index (χ3n) is 3.12. The van der Waals surface area contributed by atoms with E-state index in [9.17, 15) is 9.00 Å². The van der Waals surface area contributed by atoms with Gasteiger partial charge < -0.3 is 0 Å². The molecule has 1 heterocycles. The van der Waals surface area contributed by atoms with Crippen LogP contribution >= 0.6 is 11.3 Å². The Morgan fingerprint density at radius 1 is 1.20 bits per heavy atom. The van der Waals surface area contributed by atoms with Gasteiger partial charge in [-0.3, -0.25) is 9.00 Å². The lowest BCUT2D eigenvalue weighted by molar-refractivity contribution is 0.102. The van der Waals surface area contributed by atoms with E-state index in [0.29, 0.717) is 4.88 Å². The van der Waals surface area contributed by atoms with Crippen LogP contribution < -0.4 is 0 Å². The van der Waals surface area contributed by atoms with E-state index in [2.05, 4.69) is 6.92 Å². The highest BCUT2D eigenvalue weighted by atomic mass is 32.2. The second kappa shape index (κ2) is 6.46. The molecule has 0 N–H and O–H groups in total. The summed E-state index contributed by atoms with van der Waals surface area (Å²) in [5, 5.41) is 0. The summed E-state index contributed by atoms with van der Waals surface area (Å²) >= 11 is 1.50. The van der Waals surface area contributed by atoms with Crippen LogP contribution in [0.15, 0.2) is 35.2 Å². The number of hydrogen-bond acceptors (Lipinski definition) is 3. The number of carbonyl (C=O) groups excluding carboxylic acids is 1. The van der Waals surface area contributed by atoms with E-state index >= 15 is 0 Å². The number of aryl methyl sites for hydroxylation is 3. The number of ketones is 1. The van der Waals surface area contributed by atoms with Crippen LogP contribution in [0.5, 0.6) is 0 Å². The molecule has 0 fully saturated rings. The topological polar surface area (TPSA) is 34.1 Å². The van der Waals surface area contributed by atoms with Crippen molar-refractivity contribution in [2.24, 2.45) is 0 Å². The summed E-state index contributed by atoms with van der Waals surface area (Å²) in [5.41, 5.74) is 2.12. The van der Waals surface area contributed by atoms with Crippen LogP contribution in [0.3, 0.4) is 0 Å². The van der Waals surface area contributed by atoms with Crippen molar-refractivity contribution in [1.29, 1.82) is 0 Å². The molecule has 0 aliphatic carbocycles. The Morgan fingerprint density at radius 3 is 2.55 bits per heavy atom. The Morgan fingerprint density at radius 2 is 1.95 bits per heavy atom. The normalized spacial score (nSPS) is 12.3. The minimum atomic E-state index is -1.27. The number of benzene rings is 1. The van der Waals surface area contributed by atoms with E-state index in [1.165, 1.54) is 16.2 Å². The molecular weight excluding hydrogens is 288 g/mol. The fourth-order valence-electron chi connectivity index (χ4n) is 2.04. The summed E-state index contributed by atoms with van der Waals surface area (Å²) in [6.45, 7) is 6.00. The number of thiophene rings is 1. The molecule has 106 valence electrons. The average molecular weight is 306 g/mol. The monoisotopic (exact) mass is 306 g/mol. The maximum Gasteiger partial charge on any atom is 0.185 e. The molecule has 2 nitrogen and oxygen atoms in total. The molecule has 0 saturated carbocycles. The zero-order valence-electron chi connectivity index (χ0n) is 11.9. The van der Waals surface area contributed by atoms with Crippen molar-refractivity contribution < 1.29 is 9.00 Å². The molecule has 0 bridgehead atoms. The molecule has 4 heteroatoms. The largest absolute Gasteiger partial charge is 0.292 e. The SMILES string of the molecule is CCc1ccc(C(=O)CS(=O)c2ccc(C)cc2C)s1. The standard InChI is InChI=1S/C16H18O2S2/c1-4-13-6-7-15(19-13)14(17)10-20(18)16-8-5-11(2)9-12(16)3/h5-9H,4,10H2,1-3H3. The first-order valence-electron chi connectivity index (χ1n) is 6.58. The molecule has 0 spiro atoms. The summed E-state index contributed by atoms with van der Waals surface area (Å²) in [6, 6.07) is 9.60. The van der Waals surface area contributed by atoms with Crippen LogP contribution in [0.2, 0.25) is 0 Å². The van der Waals surface area contributed by atoms with E-state index in [0.717, 1.165) is 22.4 Å². The average Bonchev–Trinajstić information content (AvgIpc) is 2.87. The van der Waals surface area contributed by atoms with Crippen LogP contribution in [-0.4, -0.2) is 15.7 Å². The van der Waals surface area contributed by atoms with Gasteiger partial charge >= 0.3 is 0 Å². The number of Topliss-reactive ketones (excluding diaryl/α,β-unsaturated/α-hetero) is 1. The lowest BCUT2D eigenvalue weighted by Gasteiger charge is -2.06. The van der Waals surface area contributed by atoms with E-state index in [1.807, 2.05) is 44.2 Å². The molecular formula is C16H18O2S2. The first kappa shape index (κ1) is 15.1. The lowest BCUT2D eigenvalue weighted by Crippen LogP contribution is -2.10. The molecule has 0 aliphatic heterocycles. The van der Waals surface area contributed by atoms with Crippen molar-refractivity contribution in [2.75, 3.05) is 5.75 Å². The van der Waals surface area contributed by atoms with Gasteiger partial charge in [-0.15, -0.1) is 11.3 Å². The van der Waals surface area contributed by atoms with Crippen molar-refractivity contribution in [3.63, 3.8) is 0 Å². The van der Waals surface area contributed by atoms with Crippen molar-refractivity contribution in [3.8, 4) is 0 Å². The van der Waals surface area contributed by atoms with Crippen LogP contribution in [0.1, 0.15) is 32.6 Å². The fourth-order valence-corrected chi connectivity index (χ4v) is 4.20. The molecule has 0 aliphatic rings. The highest BCUT2D eigenvalue weighted by molar-refractivity contribution is 7.85. The molecule has 2 rings (SSSR count). The Balaban J connectivity index is 2.13. The second-order valence-electron chi connectivity index (χ2n) is 4.80. The zero-order valence-corrected chi connectivity index (χ0v) is 13.6. The smallest absolute Gasteiger partial charge is 0.185 e. The van der Waals surface area contributed by atoms with Crippen LogP contribution in [0.4, 0.5) is 0 Å². The summed E-state index contributed by atoms with van der Waals surface area (Å²) in [4.78, 5) is 14.8. The molecule has 1 aromatic carbocycles. The molecule has 20 heavy (non-hydrogen) atoms. The quantitative estimate of drug-likeness (QED) is 0.785. The highest BCUT2D eigenvalue weighted by Crippen LogP contribution is 2.20. The van der Waals surface area contributed by atoms with E-state index in [4.69, 9.17) is 0 Å². The molecule has 0 saturated heterocycles. The van der Waals surface area contributed by atoms with Crippen LogP contribution in [0.25, 0.3) is 0 Å². The van der Waals surface area contributed by atoms with E-state index in [-0.39, 0.29) is 11.5 Å². The highest BCUT2D eigenvalue weighted by Gasteiger charge is 2.15. The molecule has 1 atom stereocenters. The van der Waals surface area contributed by atoms with Gasteiger partial charge in [0, 0.05) is 9.77 Å². The van der Waals surface area contributed by atoms with Gasteiger partial charge in [-0.05, 0) is 44.0 Å². The molecule has 0 radical (unpaired) electrons. The van der Waals surface area contributed by atoms with Crippen molar-refractivity contribution in [3.05, 3.63) is 51.2 Å². The Labute approximate surface area is 126 Å². The predicted octanol–water partition coefficient (Wildman–Crippen LogP) is 3.92. The Kier molecular flexibility index (Phi) is 4.89. The maximum absolute atomic E-state index is 12.3. The zero-order chi connectivity index (χ0) is 14.7. The predicted molar refractivity (Wildman–Crippen MR) is 85.2 cm³/mol.